The zero-order valence-electron chi connectivity index (χ0n) is 8.92. The third-order valence-electron chi connectivity index (χ3n) is 2.47. The van der Waals surface area contributed by atoms with Gasteiger partial charge in [-0.3, -0.25) is 0 Å². The van der Waals surface area contributed by atoms with E-state index in [1.54, 1.807) is 7.05 Å². The fourth-order valence-corrected chi connectivity index (χ4v) is 3.00. The molecular formula is C7H14N6O2S. The Kier molecular flexibility index (Phi) is 3.06. The van der Waals surface area contributed by atoms with Crippen LogP contribution in [0, 0.1) is 0 Å². The molecule has 0 atom stereocenters. The van der Waals surface area contributed by atoms with Gasteiger partial charge in [-0.1, -0.05) is 5.10 Å². The number of nitrogens with one attached hydrogen (secondary N) is 2. The zero-order valence-corrected chi connectivity index (χ0v) is 9.74. The Balaban J connectivity index is 2.07. The summed E-state index contributed by atoms with van der Waals surface area (Å²) in [5, 5.41) is 13.7. The summed E-state index contributed by atoms with van der Waals surface area (Å²) in [7, 11) is -1.81. The highest BCUT2D eigenvalue weighted by Crippen LogP contribution is 2.14. The number of anilines is 1. The molecule has 0 unspecified atom stereocenters. The van der Waals surface area contributed by atoms with Crippen molar-refractivity contribution in [1.82, 2.24) is 25.5 Å². The lowest BCUT2D eigenvalue weighted by Crippen LogP contribution is -2.38. The second kappa shape index (κ2) is 4.34. The molecule has 0 spiro atoms. The minimum atomic E-state index is -3.39. The molecule has 0 aromatic carbocycles. The standard InChI is InChI=1S/C7H14N6O2S/c1-13-10-7(9-12-13)11-16(14,15)6-2-4-8-5-3-6/h6,8H,2-5H2,1H3,(H,10,11). The molecule has 1 saturated heterocycles. The molecule has 90 valence electrons. The minimum absolute atomic E-state index is 0.0287. The normalized spacial score (nSPS) is 18.6. The monoisotopic (exact) mass is 246 g/mol. The second-order valence-electron chi connectivity index (χ2n) is 3.70. The van der Waals surface area contributed by atoms with Gasteiger partial charge < -0.3 is 5.32 Å². The SMILES string of the molecule is Cn1nnc(NS(=O)(=O)C2CCNCC2)n1. The summed E-state index contributed by atoms with van der Waals surface area (Å²) in [4.78, 5) is 1.21. The predicted octanol–water partition coefficient (Wildman–Crippen LogP) is -1.30. The third-order valence-corrected chi connectivity index (χ3v) is 4.28. The van der Waals surface area contributed by atoms with Crippen LogP contribution in [0.15, 0.2) is 0 Å². The van der Waals surface area contributed by atoms with Crippen LogP contribution in [0.4, 0.5) is 5.95 Å². The largest absolute Gasteiger partial charge is 0.317 e. The molecule has 0 amide bonds. The molecule has 2 heterocycles. The van der Waals surface area contributed by atoms with Crippen LogP contribution >= 0.6 is 0 Å². The summed E-state index contributed by atoms with van der Waals surface area (Å²) in [5.41, 5.74) is 0. The van der Waals surface area contributed by atoms with Gasteiger partial charge in [-0.2, -0.15) is 4.80 Å². The van der Waals surface area contributed by atoms with Crippen molar-refractivity contribution in [3.63, 3.8) is 0 Å². The van der Waals surface area contributed by atoms with E-state index in [0.29, 0.717) is 12.8 Å². The Morgan fingerprint density at radius 3 is 2.69 bits per heavy atom. The molecule has 9 heteroatoms. The van der Waals surface area contributed by atoms with Gasteiger partial charge in [-0.25, -0.2) is 13.1 Å². The topological polar surface area (TPSA) is 102 Å². The van der Waals surface area contributed by atoms with Crippen LogP contribution < -0.4 is 10.0 Å². The first-order valence-corrected chi connectivity index (χ1v) is 6.59. The van der Waals surface area contributed by atoms with Crippen molar-refractivity contribution in [2.45, 2.75) is 18.1 Å². The number of aromatic nitrogens is 4. The Hall–Kier alpha value is -1.22. The maximum atomic E-state index is 11.9. The lowest BCUT2D eigenvalue weighted by atomic mass is 10.2. The maximum absolute atomic E-state index is 11.9. The average Bonchev–Trinajstić information content (AvgIpc) is 2.64. The van der Waals surface area contributed by atoms with Crippen LogP contribution in [0.5, 0.6) is 0 Å². The highest BCUT2D eigenvalue weighted by atomic mass is 32.2. The number of nitrogens with zero attached hydrogens (tertiary/aromatic N) is 4. The first-order valence-electron chi connectivity index (χ1n) is 5.04. The zero-order chi connectivity index (χ0) is 11.6. The number of piperidine rings is 1. The van der Waals surface area contributed by atoms with Crippen molar-refractivity contribution in [1.29, 1.82) is 0 Å². The summed E-state index contributed by atoms with van der Waals surface area (Å²) in [6, 6.07) is 0. The number of tetrazole rings is 1. The van der Waals surface area contributed by atoms with E-state index in [1.807, 2.05) is 0 Å². The van der Waals surface area contributed by atoms with Crippen molar-refractivity contribution in [2.24, 2.45) is 7.05 Å². The van der Waals surface area contributed by atoms with Crippen LogP contribution in [-0.4, -0.2) is 47.0 Å². The van der Waals surface area contributed by atoms with E-state index in [0.717, 1.165) is 13.1 Å². The number of hydrogen-bond acceptors (Lipinski definition) is 6. The number of sulfonamides is 1. The number of hydrogen-bond donors (Lipinski definition) is 2. The van der Waals surface area contributed by atoms with Gasteiger partial charge in [0.25, 0.3) is 5.95 Å². The van der Waals surface area contributed by atoms with Crippen LogP contribution in [0.2, 0.25) is 0 Å². The van der Waals surface area contributed by atoms with Gasteiger partial charge in [-0.05, 0) is 31.1 Å². The van der Waals surface area contributed by atoms with Gasteiger partial charge in [0, 0.05) is 0 Å². The molecule has 2 rings (SSSR count). The molecule has 1 aliphatic rings. The molecule has 1 aromatic heterocycles. The average molecular weight is 246 g/mol. The third kappa shape index (κ3) is 2.47. The van der Waals surface area contributed by atoms with Crippen molar-refractivity contribution >= 4 is 16.0 Å². The summed E-state index contributed by atoms with van der Waals surface area (Å²) in [6.07, 6.45) is 1.21. The van der Waals surface area contributed by atoms with Gasteiger partial charge in [0.2, 0.25) is 10.0 Å². The first kappa shape index (κ1) is 11.3. The second-order valence-corrected chi connectivity index (χ2v) is 5.66. The lowest BCUT2D eigenvalue weighted by Gasteiger charge is -2.22. The van der Waals surface area contributed by atoms with E-state index in [9.17, 15) is 8.42 Å². The summed E-state index contributed by atoms with van der Waals surface area (Å²) >= 11 is 0. The van der Waals surface area contributed by atoms with E-state index >= 15 is 0 Å². The summed E-state index contributed by atoms with van der Waals surface area (Å²) in [5.74, 6) is 0.0287. The van der Waals surface area contributed by atoms with Gasteiger partial charge in [0.1, 0.15) is 0 Å². The molecule has 2 N–H and O–H groups in total. The Labute approximate surface area is 93.5 Å². The molecule has 16 heavy (non-hydrogen) atoms. The fraction of sp³-hybridized carbons (Fsp3) is 0.857. The highest BCUT2D eigenvalue weighted by molar-refractivity contribution is 7.93. The minimum Gasteiger partial charge on any atom is -0.317 e. The maximum Gasteiger partial charge on any atom is 0.276 e. The molecule has 0 aliphatic carbocycles. The molecule has 8 nitrogen and oxygen atoms in total. The molecule has 0 saturated carbocycles. The van der Waals surface area contributed by atoms with Crippen molar-refractivity contribution in [2.75, 3.05) is 17.8 Å². The van der Waals surface area contributed by atoms with E-state index in [2.05, 4.69) is 25.4 Å². The Bertz CT molecular complexity index is 449. The number of rotatable bonds is 3. The van der Waals surface area contributed by atoms with Gasteiger partial charge >= 0.3 is 0 Å². The number of aryl methyl sites for hydroxylation is 1. The molecule has 1 fully saturated rings. The van der Waals surface area contributed by atoms with Crippen molar-refractivity contribution in [3.05, 3.63) is 0 Å². The molecule has 1 aromatic rings. The molecular weight excluding hydrogens is 232 g/mol. The molecule has 1 aliphatic heterocycles. The van der Waals surface area contributed by atoms with Gasteiger partial charge in [0.05, 0.1) is 12.3 Å². The van der Waals surface area contributed by atoms with Crippen LogP contribution in [-0.2, 0) is 17.1 Å². The predicted molar refractivity (Wildman–Crippen MR) is 57.2 cm³/mol. The Morgan fingerprint density at radius 2 is 2.12 bits per heavy atom. The summed E-state index contributed by atoms with van der Waals surface area (Å²) in [6.45, 7) is 1.44. The van der Waals surface area contributed by atoms with Crippen LogP contribution in [0.3, 0.4) is 0 Å². The van der Waals surface area contributed by atoms with E-state index in [1.165, 1.54) is 4.80 Å². The van der Waals surface area contributed by atoms with Gasteiger partial charge in [0.15, 0.2) is 0 Å². The molecule has 0 radical (unpaired) electrons. The smallest absolute Gasteiger partial charge is 0.276 e. The van der Waals surface area contributed by atoms with Crippen LogP contribution in [0.25, 0.3) is 0 Å². The Morgan fingerprint density at radius 1 is 1.44 bits per heavy atom. The van der Waals surface area contributed by atoms with E-state index in [-0.39, 0.29) is 11.2 Å². The van der Waals surface area contributed by atoms with E-state index < -0.39 is 10.0 Å². The van der Waals surface area contributed by atoms with Crippen molar-refractivity contribution < 1.29 is 8.42 Å². The highest BCUT2D eigenvalue weighted by Gasteiger charge is 2.28. The van der Waals surface area contributed by atoms with E-state index in [4.69, 9.17) is 0 Å². The summed E-state index contributed by atoms with van der Waals surface area (Å²) < 4.78 is 26.2. The van der Waals surface area contributed by atoms with Gasteiger partial charge in [-0.15, -0.1) is 5.10 Å². The fourth-order valence-electron chi connectivity index (χ4n) is 1.64. The molecule has 0 bridgehead atoms. The van der Waals surface area contributed by atoms with Crippen LogP contribution in [0.1, 0.15) is 12.8 Å². The quantitative estimate of drug-likeness (QED) is 0.687. The first-order chi connectivity index (χ1) is 7.58. The van der Waals surface area contributed by atoms with Crippen molar-refractivity contribution in [3.8, 4) is 0 Å². The lowest BCUT2D eigenvalue weighted by molar-refractivity contribution is 0.498.